The summed E-state index contributed by atoms with van der Waals surface area (Å²) in [6, 6.07) is 11.5. The highest BCUT2D eigenvalue weighted by Crippen LogP contribution is 2.33. The van der Waals surface area contributed by atoms with Crippen LogP contribution in [0.2, 0.25) is 0 Å². The molecule has 1 saturated heterocycles. The van der Waals surface area contributed by atoms with Crippen LogP contribution in [0.25, 0.3) is 22.2 Å². The number of hydrogen-bond acceptors (Lipinski definition) is 7. The van der Waals surface area contributed by atoms with Gasteiger partial charge in [0, 0.05) is 12.1 Å². The molecular formula is C30H39N5O6. The summed E-state index contributed by atoms with van der Waals surface area (Å²) in [5, 5.41) is 17.8. The molecule has 2 N–H and O–H groups in total. The summed E-state index contributed by atoms with van der Waals surface area (Å²) in [7, 11) is 0. The topological polar surface area (TPSA) is 139 Å². The zero-order valence-electron chi connectivity index (χ0n) is 24.2. The number of aromatic nitrogens is 2. The van der Waals surface area contributed by atoms with Gasteiger partial charge >= 0.3 is 12.2 Å². The van der Waals surface area contributed by atoms with Crippen molar-refractivity contribution < 1.29 is 28.7 Å². The molecule has 0 radical (unpaired) electrons. The van der Waals surface area contributed by atoms with Gasteiger partial charge < -0.3 is 24.0 Å². The van der Waals surface area contributed by atoms with E-state index in [1.807, 2.05) is 36.4 Å². The first kappa shape index (κ1) is 29.8. The third kappa shape index (κ3) is 8.42. The zero-order valence-corrected chi connectivity index (χ0v) is 24.2. The van der Waals surface area contributed by atoms with Gasteiger partial charge in [0.2, 0.25) is 17.7 Å². The van der Waals surface area contributed by atoms with Crippen LogP contribution in [-0.2, 0) is 4.74 Å². The Balaban J connectivity index is 1.47. The van der Waals surface area contributed by atoms with Crippen LogP contribution in [0.1, 0.15) is 84.6 Å². The molecule has 1 aromatic heterocycles. The number of ether oxygens (including phenoxy) is 2. The highest BCUT2D eigenvalue weighted by atomic mass is 16.6. The Morgan fingerprint density at radius 1 is 1.12 bits per heavy atom. The fraction of sp³-hybridized carbons (Fsp3) is 0.500. The Morgan fingerprint density at radius 3 is 2.63 bits per heavy atom. The molecule has 2 aromatic carbocycles. The average Bonchev–Trinajstić information content (AvgIpc) is 3.59. The van der Waals surface area contributed by atoms with E-state index in [-0.39, 0.29) is 5.96 Å². The maximum Gasteiger partial charge on any atom is 0.437 e. The lowest BCUT2D eigenvalue weighted by Gasteiger charge is -2.25. The van der Waals surface area contributed by atoms with Crippen LogP contribution in [0, 0.1) is 0 Å². The number of fused-ring (bicyclic) bond motifs is 1. The van der Waals surface area contributed by atoms with Crippen LogP contribution in [0.3, 0.4) is 0 Å². The van der Waals surface area contributed by atoms with Crippen molar-refractivity contribution in [3.63, 3.8) is 0 Å². The maximum absolute atomic E-state index is 12.3. The number of amides is 2. The molecule has 2 heterocycles. The van der Waals surface area contributed by atoms with Gasteiger partial charge in [-0.15, -0.1) is 4.99 Å². The molecule has 0 spiro atoms. The molecule has 4 rings (SSSR count). The van der Waals surface area contributed by atoms with Gasteiger partial charge in [-0.2, -0.15) is 4.98 Å². The molecule has 3 aromatic rings. The Labute approximate surface area is 239 Å². The third-order valence-corrected chi connectivity index (χ3v) is 6.65. The molecule has 0 bridgehead atoms. The van der Waals surface area contributed by atoms with Crippen LogP contribution >= 0.6 is 0 Å². The zero-order chi connectivity index (χ0) is 29.4. The number of hydrogen-bond donors (Lipinski definition) is 2. The fourth-order valence-corrected chi connectivity index (χ4v) is 4.74. The molecule has 11 nitrogen and oxygen atoms in total. The Kier molecular flexibility index (Phi) is 9.80. The quantitative estimate of drug-likeness (QED) is 0.160. The van der Waals surface area contributed by atoms with Crippen LogP contribution in [-0.4, -0.2) is 57.0 Å². The van der Waals surface area contributed by atoms with Crippen molar-refractivity contribution in [1.29, 1.82) is 0 Å². The number of aliphatic imine (C=N–C) groups is 1. The normalized spacial score (nSPS) is 15.8. The molecule has 1 aliphatic heterocycles. The largest absolute Gasteiger partial charge is 0.494 e. The molecule has 1 unspecified atom stereocenters. The second-order valence-corrected chi connectivity index (χ2v) is 11.1. The minimum Gasteiger partial charge on any atom is -0.494 e. The second-order valence-electron chi connectivity index (χ2n) is 11.1. The van der Waals surface area contributed by atoms with E-state index in [9.17, 15) is 14.7 Å². The van der Waals surface area contributed by atoms with Crippen molar-refractivity contribution in [1.82, 2.24) is 20.4 Å². The predicted octanol–water partition coefficient (Wildman–Crippen LogP) is 6.93. The van der Waals surface area contributed by atoms with Crippen molar-refractivity contribution >= 4 is 28.9 Å². The lowest BCUT2D eigenvalue weighted by Crippen LogP contribution is -2.44. The van der Waals surface area contributed by atoms with Crippen LogP contribution in [0.4, 0.5) is 9.59 Å². The van der Waals surface area contributed by atoms with Gasteiger partial charge in [0.25, 0.3) is 0 Å². The van der Waals surface area contributed by atoms with Crippen LogP contribution in [0.15, 0.2) is 45.9 Å². The van der Waals surface area contributed by atoms with Gasteiger partial charge in [-0.05, 0) is 69.0 Å². The first-order chi connectivity index (χ1) is 19.6. The molecule has 1 aliphatic rings. The number of nitrogens with zero attached hydrogens (tertiary/aromatic N) is 4. The Bertz CT molecular complexity index is 1380. The smallest absolute Gasteiger partial charge is 0.437 e. The Morgan fingerprint density at radius 2 is 1.88 bits per heavy atom. The van der Waals surface area contributed by atoms with Gasteiger partial charge in [0.15, 0.2) is 0 Å². The summed E-state index contributed by atoms with van der Waals surface area (Å²) in [5.74, 6) is 1.43. The number of carbonyl (C=O) groups is 2. The first-order valence-electron chi connectivity index (χ1n) is 14.2. The molecule has 2 amide bonds. The molecule has 0 saturated carbocycles. The van der Waals surface area contributed by atoms with E-state index in [1.165, 1.54) is 25.7 Å². The summed E-state index contributed by atoms with van der Waals surface area (Å²) < 4.78 is 16.8. The van der Waals surface area contributed by atoms with E-state index in [4.69, 9.17) is 14.0 Å². The maximum atomic E-state index is 12.3. The number of carbonyl (C=O) groups excluding carboxylic acids is 1. The van der Waals surface area contributed by atoms with Crippen LogP contribution in [0.5, 0.6) is 5.75 Å². The van der Waals surface area contributed by atoms with Gasteiger partial charge in [-0.3, -0.25) is 5.32 Å². The molecule has 11 heteroatoms. The van der Waals surface area contributed by atoms with Gasteiger partial charge in [0.05, 0.1) is 6.61 Å². The number of rotatable bonds is 9. The minimum absolute atomic E-state index is 0.140. The monoisotopic (exact) mass is 565 g/mol. The minimum atomic E-state index is -1.35. The molecule has 0 aliphatic carbocycles. The number of guanidine groups is 1. The van der Waals surface area contributed by atoms with E-state index in [0.29, 0.717) is 31.3 Å². The predicted molar refractivity (Wildman–Crippen MR) is 155 cm³/mol. The number of benzene rings is 2. The fourth-order valence-electron chi connectivity index (χ4n) is 4.74. The summed E-state index contributed by atoms with van der Waals surface area (Å²) in [5.41, 5.74) is 0.0104. The molecular weight excluding hydrogens is 526 g/mol. The third-order valence-electron chi connectivity index (χ3n) is 6.65. The molecule has 41 heavy (non-hydrogen) atoms. The van der Waals surface area contributed by atoms with E-state index in [2.05, 4.69) is 27.4 Å². The number of likely N-dealkylation sites (tertiary alicyclic amines) is 1. The van der Waals surface area contributed by atoms with Gasteiger partial charge in [-0.25, -0.2) is 9.59 Å². The number of unbranched alkanes of at least 4 members (excludes halogenated alkanes) is 4. The average molecular weight is 566 g/mol. The summed E-state index contributed by atoms with van der Waals surface area (Å²) in [4.78, 5) is 34.0. The van der Waals surface area contributed by atoms with Crippen LogP contribution < -0.4 is 10.1 Å². The summed E-state index contributed by atoms with van der Waals surface area (Å²) in [6.45, 7) is 8.49. The van der Waals surface area contributed by atoms with Crippen molar-refractivity contribution in [2.24, 2.45) is 4.99 Å². The van der Waals surface area contributed by atoms with Gasteiger partial charge in [0.1, 0.15) is 17.4 Å². The highest BCUT2D eigenvalue weighted by molar-refractivity contribution is 5.98. The van der Waals surface area contributed by atoms with E-state index < -0.39 is 23.8 Å². The van der Waals surface area contributed by atoms with Crippen molar-refractivity contribution in [3.8, 4) is 17.1 Å². The first-order valence-corrected chi connectivity index (χ1v) is 14.2. The van der Waals surface area contributed by atoms with E-state index in [0.717, 1.165) is 34.9 Å². The molecule has 220 valence electrons. The van der Waals surface area contributed by atoms with E-state index >= 15 is 0 Å². The summed E-state index contributed by atoms with van der Waals surface area (Å²) >= 11 is 0. The molecule has 1 fully saturated rings. The van der Waals surface area contributed by atoms with E-state index in [1.54, 1.807) is 25.7 Å². The highest BCUT2D eigenvalue weighted by Gasteiger charge is 2.34. The molecule has 1 atom stereocenters. The second kappa shape index (κ2) is 13.5. The van der Waals surface area contributed by atoms with Crippen molar-refractivity contribution in [2.45, 2.75) is 84.3 Å². The van der Waals surface area contributed by atoms with Gasteiger partial charge in [-0.1, -0.05) is 56.0 Å². The standard InChI is InChI=1S/C30H39N5O6/c1-5-6-7-8-9-17-39-23-15-14-20-18-22(13-12-21(20)19-23)25-31-26(41-34-25)24-11-10-16-35(24)27(32-28(36)37)33-29(38)40-30(2,3)4/h12-15,18-19,24H,5-11,16-17H2,1-4H3,(H,36,37)(H,32,33,38). The summed E-state index contributed by atoms with van der Waals surface area (Å²) in [6.07, 6.45) is 5.08. The van der Waals surface area contributed by atoms with Crippen molar-refractivity contribution in [3.05, 3.63) is 42.3 Å². The number of carboxylic acid groups (broad SMARTS) is 1. The van der Waals surface area contributed by atoms with Crippen molar-refractivity contribution in [2.75, 3.05) is 13.2 Å². The number of nitrogens with one attached hydrogen (secondary N) is 1. The Hall–Kier alpha value is -4.15. The SMILES string of the molecule is CCCCCCCOc1ccc2cc(-c3noc(C4CCCN4C(=NC(=O)OC(C)(C)C)NC(=O)O)n3)ccc2c1. The lowest BCUT2D eigenvalue weighted by molar-refractivity contribution is 0.0600. The lowest BCUT2D eigenvalue weighted by atomic mass is 10.1.